The molecule has 2 heterocycles. The second kappa shape index (κ2) is 8.06. The normalized spacial score (nSPS) is 16.5. The lowest BCUT2D eigenvalue weighted by molar-refractivity contribution is -0.116. The largest absolute Gasteiger partial charge is 0.326 e. The molecule has 1 aliphatic heterocycles. The molecule has 0 saturated carbocycles. The predicted molar refractivity (Wildman–Crippen MR) is 123 cm³/mol. The summed E-state index contributed by atoms with van der Waals surface area (Å²) in [5.74, 6) is -0.124. The van der Waals surface area contributed by atoms with Gasteiger partial charge in [0, 0.05) is 17.0 Å². The molecule has 5 nitrogen and oxygen atoms in total. The van der Waals surface area contributed by atoms with E-state index in [9.17, 15) is 13.2 Å². The van der Waals surface area contributed by atoms with Crippen LogP contribution in [0.1, 0.15) is 46.0 Å². The molecule has 0 radical (unpaired) electrons. The lowest BCUT2D eigenvalue weighted by Gasteiger charge is -2.22. The van der Waals surface area contributed by atoms with Crippen molar-refractivity contribution in [2.24, 2.45) is 0 Å². The van der Waals surface area contributed by atoms with Crippen LogP contribution in [0.2, 0.25) is 5.02 Å². The van der Waals surface area contributed by atoms with Crippen LogP contribution < -0.4 is 10.0 Å². The molecular formula is C23H21ClN2O3S2. The fourth-order valence-electron chi connectivity index (χ4n) is 4.32. The Labute approximate surface area is 190 Å². The second-order valence-electron chi connectivity index (χ2n) is 7.94. The Balaban J connectivity index is 1.54. The van der Waals surface area contributed by atoms with Gasteiger partial charge < -0.3 is 5.32 Å². The topological polar surface area (TPSA) is 75.3 Å². The molecule has 2 aromatic carbocycles. The lowest BCUT2D eigenvalue weighted by Crippen LogP contribution is -2.30. The number of hydrogen-bond donors (Lipinski definition) is 2. The van der Waals surface area contributed by atoms with Gasteiger partial charge in [-0.3, -0.25) is 4.79 Å². The summed E-state index contributed by atoms with van der Waals surface area (Å²) in [6.07, 6.45) is 4.13. The van der Waals surface area contributed by atoms with Gasteiger partial charge in [0.15, 0.2) is 0 Å². The number of nitrogens with one attached hydrogen (secondary N) is 2. The molecule has 160 valence electrons. The zero-order valence-corrected chi connectivity index (χ0v) is 19.0. The number of aryl methyl sites for hydroxylation is 3. The molecule has 2 N–H and O–H groups in total. The third kappa shape index (κ3) is 4.03. The van der Waals surface area contributed by atoms with Gasteiger partial charge in [0.25, 0.3) is 0 Å². The van der Waals surface area contributed by atoms with Crippen molar-refractivity contribution >= 4 is 44.6 Å². The summed E-state index contributed by atoms with van der Waals surface area (Å²) >= 11 is 7.89. The van der Waals surface area contributed by atoms with E-state index in [-0.39, 0.29) is 15.8 Å². The maximum Gasteiger partial charge on any atom is 0.243 e. The van der Waals surface area contributed by atoms with E-state index in [1.807, 2.05) is 23.6 Å². The van der Waals surface area contributed by atoms with E-state index < -0.39 is 16.1 Å². The second-order valence-corrected chi connectivity index (χ2v) is 11.0. The van der Waals surface area contributed by atoms with Crippen LogP contribution in [0.15, 0.2) is 52.7 Å². The van der Waals surface area contributed by atoms with Crippen molar-refractivity contribution in [1.82, 2.24) is 4.72 Å². The Morgan fingerprint density at radius 3 is 2.65 bits per heavy atom. The van der Waals surface area contributed by atoms with Crippen LogP contribution in [-0.4, -0.2) is 14.3 Å². The minimum atomic E-state index is -3.96. The van der Waals surface area contributed by atoms with Gasteiger partial charge in [-0.2, -0.15) is 4.72 Å². The van der Waals surface area contributed by atoms with Crippen molar-refractivity contribution in [3.8, 4) is 0 Å². The number of carbonyl (C=O) groups excluding carboxylic acids is 1. The SMILES string of the molecule is O=C1CCc2cc(Cl)c(S(=O)(=O)NC(c3ccc4c(c3)CCC4)c3cccs3)cc2N1. The highest BCUT2D eigenvalue weighted by Gasteiger charge is 2.28. The van der Waals surface area contributed by atoms with Crippen LogP contribution in [-0.2, 0) is 34.1 Å². The Morgan fingerprint density at radius 1 is 1.00 bits per heavy atom. The van der Waals surface area contributed by atoms with Gasteiger partial charge in [-0.25, -0.2) is 8.42 Å². The Kier molecular flexibility index (Phi) is 5.38. The Bertz CT molecular complexity index is 1270. The number of hydrogen-bond acceptors (Lipinski definition) is 4. The summed E-state index contributed by atoms with van der Waals surface area (Å²) in [6, 6.07) is 12.7. The van der Waals surface area contributed by atoms with Crippen LogP contribution in [0.4, 0.5) is 5.69 Å². The number of benzene rings is 2. The van der Waals surface area contributed by atoms with Gasteiger partial charge in [-0.05, 0) is 71.5 Å². The van der Waals surface area contributed by atoms with Crippen molar-refractivity contribution < 1.29 is 13.2 Å². The van der Waals surface area contributed by atoms with E-state index in [0.717, 1.165) is 35.3 Å². The molecule has 2 aliphatic rings. The quantitative estimate of drug-likeness (QED) is 0.557. The van der Waals surface area contributed by atoms with Crippen LogP contribution in [0.3, 0.4) is 0 Å². The first-order valence-electron chi connectivity index (χ1n) is 10.2. The molecule has 1 aliphatic carbocycles. The molecule has 1 atom stereocenters. The number of carbonyl (C=O) groups is 1. The lowest BCUT2D eigenvalue weighted by atomic mass is 10.0. The van der Waals surface area contributed by atoms with Gasteiger partial charge in [-0.1, -0.05) is 35.9 Å². The maximum atomic E-state index is 13.4. The van der Waals surface area contributed by atoms with E-state index in [1.165, 1.54) is 28.5 Å². The molecule has 0 bridgehead atoms. The number of sulfonamides is 1. The minimum Gasteiger partial charge on any atom is -0.326 e. The predicted octanol–water partition coefficient (Wildman–Crippen LogP) is 4.84. The molecule has 31 heavy (non-hydrogen) atoms. The van der Waals surface area contributed by atoms with Gasteiger partial charge in [0.2, 0.25) is 15.9 Å². The average molecular weight is 473 g/mol. The highest BCUT2D eigenvalue weighted by molar-refractivity contribution is 7.89. The zero-order chi connectivity index (χ0) is 21.6. The third-order valence-corrected chi connectivity index (χ3v) is 8.72. The highest BCUT2D eigenvalue weighted by atomic mass is 35.5. The van der Waals surface area contributed by atoms with Crippen molar-refractivity contribution in [1.29, 1.82) is 0 Å². The van der Waals surface area contributed by atoms with E-state index in [2.05, 4.69) is 22.2 Å². The summed E-state index contributed by atoms with van der Waals surface area (Å²) in [5, 5.41) is 4.84. The van der Waals surface area contributed by atoms with Crippen LogP contribution in [0.5, 0.6) is 0 Å². The number of fused-ring (bicyclic) bond motifs is 2. The van der Waals surface area contributed by atoms with E-state index in [4.69, 9.17) is 11.6 Å². The smallest absolute Gasteiger partial charge is 0.243 e. The van der Waals surface area contributed by atoms with Gasteiger partial charge in [0.05, 0.1) is 11.1 Å². The first-order valence-corrected chi connectivity index (χ1v) is 12.9. The molecule has 1 aromatic heterocycles. The summed E-state index contributed by atoms with van der Waals surface area (Å²) in [6.45, 7) is 0. The minimum absolute atomic E-state index is 0.0298. The molecule has 0 fully saturated rings. The molecule has 0 spiro atoms. The Morgan fingerprint density at radius 2 is 1.84 bits per heavy atom. The van der Waals surface area contributed by atoms with Crippen molar-refractivity contribution in [3.05, 3.63) is 80.0 Å². The number of halogens is 1. The van der Waals surface area contributed by atoms with Crippen molar-refractivity contribution in [2.75, 3.05) is 5.32 Å². The first kappa shape index (κ1) is 20.7. The molecular weight excluding hydrogens is 452 g/mol. The van der Waals surface area contributed by atoms with Crippen LogP contribution in [0.25, 0.3) is 0 Å². The summed E-state index contributed by atoms with van der Waals surface area (Å²) in [7, 11) is -3.96. The molecule has 8 heteroatoms. The monoisotopic (exact) mass is 472 g/mol. The maximum absolute atomic E-state index is 13.4. The van der Waals surface area contributed by atoms with E-state index in [0.29, 0.717) is 18.5 Å². The fourth-order valence-corrected chi connectivity index (χ4v) is 6.98. The number of amides is 1. The third-order valence-electron chi connectivity index (χ3n) is 5.90. The van der Waals surface area contributed by atoms with Crippen LogP contribution >= 0.6 is 22.9 Å². The molecule has 1 amide bonds. The standard InChI is InChI=1S/C23H21ClN2O3S2/c24-18-12-16-8-9-22(27)25-19(16)13-21(18)31(28,29)26-23(20-5-2-10-30-20)17-7-6-14-3-1-4-15(14)11-17/h2,5-7,10-13,23,26H,1,3-4,8-9H2,(H,25,27). The van der Waals surface area contributed by atoms with Gasteiger partial charge >= 0.3 is 0 Å². The Hall–Kier alpha value is -2.19. The molecule has 3 aromatic rings. The van der Waals surface area contributed by atoms with E-state index >= 15 is 0 Å². The van der Waals surface area contributed by atoms with Crippen LogP contribution in [0, 0.1) is 0 Å². The summed E-state index contributed by atoms with van der Waals surface area (Å²) < 4.78 is 29.7. The molecule has 5 rings (SSSR count). The number of thiophene rings is 1. The van der Waals surface area contributed by atoms with Crippen molar-refractivity contribution in [3.63, 3.8) is 0 Å². The number of rotatable bonds is 5. The molecule has 0 saturated heterocycles. The highest BCUT2D eigenvalue weighted by Crippen LogP contribution is 2.35. The van der Waals surface area contributed by atoms with Crippen molar-refractivity contribution in [2.45, 2.75) is 43.0 Å². The van der Waals surface area contributed by atoms with Gasteiger partial charge in [0.1, 0.15) is 4.90 Å². The first-order chi connectivity index (χ1) is 14.9. The zero-order valence-electron chi connectivity index (χ0n) is 16.7. The molecule has 1 unspecified atom stereocenters. The summed E-state index contributed by atoms with van der Waals surface area (Å²) in [5.41, 5.74) is 4.88. The van der Waals surface area contributed by atoms with Gasteiger partial charge in [-0.15, -0.1) is 11.3 Å². The summed E-state index contributed by atoms with van der Waals surface area (Å²) in [4.78, 5) is 12.7. The number of anilines is 1. The van der Waals surface area contributed by atoms with E-state index in [1.54, 1.807) is 6.07 Å². The average Bonchev–Trinajstić information content (AvgIpc) is 3.43. The fraction of sp³-hybridized carbons (Fsp3) is 0.261.